The molecule has 3 aliphatic rings. The predicted molar refractivity (Wildman–Crippen MR) is 65.8 cm³/mol. The molecule has 6 heteroatoms. The maximum absolute atomic E-state index is 4.21. The van der Waals surface area contributed by atoms with Crippen molar-refractivity contribution in [1.29, 1.82) is 0 Å². The van der Waals surface area contributed by atoms with Gasteiger partial charge in [-0.25, -0.2) is 4.68 Å². The molecular weight excluding hydrogens is 228 g/mol. The lowest BCUT2D eigenvalue weighted by Gasteiger charge is -2.23. The highest BCUT2D eigenvalue weighted by Crippen LogP contribution is 2.36. The van der Waals surface area contributed by atoms with Crippen LogP contribution in [-0.2, 0) is 6.54 Å². The van der Waals surface area contributed by atoms with E-state index in [0.717, 1.165) is 24.2 Å². The van der Waals surface area contributed by atoms with Crippen LogP contribution in [0.4, 0.5) is 0 Å². The first-order chi connectivity index (χ1) is 8.83. The Balaban J connectivity index is 1.49. The van der Waals surface area contributed by atoms with Crippen LogP contribution in [0.3, 0.4) is 0 Å². The van der Waals surface area contributed by atoms with E-state index in [9.17, 15) is 0 Å². The summed E-state index contributed by atoms with van der Waals surface area (Å²) in [6.45, 7) is 6.81. The first kappa shape index (κ1) is 10.9. The Hall–Kier alpha value is -1.01. The minimum Gasteiger partial charge on any atom is -0.316 e. The molecule has 6 nitrogen and oxygen atoms in total. The van der Waals surface area contributed by atoms with E-state index in [2.05, 4.69) is 32.7 Å². The Labute approximate surface area is 107 Å². The van der Waals surface area contributed by atoms with Gasteiger partial charge in [-0.15, -0.1) is 5.10 Å². The van der Waals surface area contributed by atoms with Crippen molar-refractivity contribution in [3.63, 3.8) is 0 Å². The van der Waals surface area contributed by atoms with E-state index in [1.54, 1.807) is 0 Å². The topological polar surface area (TPSA) is 58.9 Å². The van der Waals surface area contributed by atoms with Crippen LogP contribution in [-0.4, -0.2) is 50.8 Å². The second-order valence-electron chi connectivity index (χ2n) is 6.02. The number of hydrogen-bond acceptors (Lipinski definition) is 5. The molecule has 2 saturated heterocycles. The normalized spacial score (nSPS) is 36.2. The second kappa shape index (κ2) is 3.99. The molecule has 0 amide bonds. The van der Waals surface area contributed by atoms with E-state index >= 15 is 0 Å². The van der Waals surface area contributed by atoms with Gasteiger partial charge in [0, 0.05) is 12.6 Å². The predicted octanol–water partition coefficient (Wildman–Crippen LogP) is 0.0477. The molecule has 0 aromatic carbocycles. The van der Waals surface area contributed by atoms with Crippen molar-refractivity contribution in [3.8, 4) is 0 Å². The summed E-state index contributed by atoms with van der Waals surface area (Å²) in [6.07, 6.45) is 2.48. The summed E-state index contributed by atoms with van der Waals surface area (Å²) in [5.74, 6) is 2.69. The number of likely N-dealkylation sites (tertiary alicyclic amines) is 1. The van der Waals surface area contributed by atoms with Gasteiger partial charge in [0.25, 0.3) is 0 Å². The molecular formula is C12H20N6. The third-order valence-electron chi connectivity index (χ3n) is 4.85. The number of rotatable bonds is 3. The first-order valence-electron chi connectivity index (χ1n) is 7.04. The zero-order valence-corrected chi connectivity index (χ0v) is 10.8. The Morgan fingerprint density at radius 2 is 2.22 bits per heavy atom. The molecule has 2 aliphatic heterocycles. The number of hydrogen-bond donors (Lipinski definition) is 1. The SMILES string of the molecule is CC1C2CNCC2CN1Cc1nnnn1C1CC1. The van der Waals surface area contributed by atoms with Gasteiger partial charge in [-0.2, -0.15) is 0 Å². The monoisotopic (exact) mass is 248 g/mol. The molecule has 1 N–H and O–H groups in total. The zero-order chi connectivity index (χ0) is 12.1. The number of nitrogens with zero attached hydrogens (tertiary/aromatic N) is 5. The van der Waals surface area contributed by atoms with Crippen LogP contribution in [0.5, 0.6) is 0 Å². The van der Waals surface area contributed by atoms with Gasteiger partial charge in [-0.05, 0) is 55.1 Å². The number of tetrazole rings is 1. The molecule has 0 spiro atoms. The highest BCUT2D eigenvalue weighted by Gasteiger charge is 2.42. The van der Waals surface area contributed by atoms with Gasteiger partial charge in [0.15, 0.2) is 5.82 Å². The summed E-state index contributed by atoms with van der Waals surface area (Å²) in [6, 6.07) is 1.23. The highest BCUT2D eigenvalue weighted by molar-refractivity contribution is 4.99. The molecule has 1 aromatic rings. The minimum atomic E-state index is 0.578. The molecule has 4 rings (SSSR count). The zero-order valence-electron chi connectivity index (χ0n) is 10.8. The first-order valence-corrected chi connectivity index (χ1v) is 7.04. The molecule has 18 heavy (non-hydrogen) atoms. The van der Waals surface area contributed by atoms with E-state index in [0.29, 0.717) is 12.1 Å². The molecule has 0 radical (unpaired) electrons. The van der Waals surface area contributed by atoms with E-state index in [4.69, 9.17) is 0 Å². The third-order valence-corrected chi connectivity index (χ3v) is 4.85. The third kappa shape index (κ3) is 1.66. The van der Waals surface area contributed by atoms with Crippen molar-refractivity contribution in [2.75, 3.05) is 19.6 Å². The van der Waals surface area contributed by atoms with Crippen LogP contribution in [0.1, 0.15) is 31.6 Å². The van der Waals surface area contributed by atoms with Crippen molar-refractivity contribution in [1.82, 2.24) is 30.4 Å². The highest BCUT2D eigenvalue weighted by atomic mass is 15.6. The van der Waals surface area contributed by atoms with Gasteiger partial charge < -0.3 is 5.32 Å². The van der Waals surface area contributed by atoms with Crippen LogP contribution in [0.25, 0.3) is 0 Å². The van der Waals surface area contributed by atoms with Gasteiger partial charge in [-0.1, -0.05) is 0 Å². The number of fused-ring (bicyclic) bond motifs is 1. The van der Waals surface area contributed by atoms with Crippen LogP contribution >= 0.6 is 0 Å². The lowest BCUT2D eigenvalue weighted by Crippen LogP contribution is -2.33. The maximum Gasteiger partial charge on any atom is 0.165 e. The molecule has 0 bridgehead atoms. The summed E-state index contributed by atoms with van der Waals surface area (Å²) in [4.78, 5) is 2.56. The Kier molecular flexibility index (Phi) is 2.41. The van der Waals surface area contributed by atoms with Crippen LogP contribution < -0.4 is 5.32 Å². The fourth-order valence-corrected chi connectivity index (χ4v) is 3.57. The molecule has 3 atom stereocenters. The van der Waals surface area contributed by atoms with Crippen molar-refractivity contribution in [2.45, 2.75) is 38.4 Å². The van der Waals surface area contributed by atoms with Crippen molar-refractivity contribution in [3.05, 3.63) is 5.82 Å². The fourth-order valence-electron chi connectivity index (χ4n) is 3.57. The fraction of sp³-hybridized carbons (Fsp3) is 0.917. The molecule has 3 unspecified atom stereocenters. The smallest absolute Gasteiger partial charge is 0.165 e. The lowest BCUT2D eigenvalue weighted by molar-refractivity contribution is 0.221. The Bertz CT molecular complexity index is 440. The van der Waals surface area contributed by atoms with Crippen LogP contribution in [0.15, 0.2) is 0 Å². The molecule has 1 saturated carbocycles. The molecule has 3 fully saturated rings. The van der Waals surface area contributed by atoms with Crippen molar-refractivity contribution in [2.24, 2.45) is 11.8 Å². The Morgan fingerprint density at radius 3 is 3.00 bits per heavy atom. The summed E-state index contributed by atoms with van der Waals surface area (Å²) in [7, 11) is 0. The number of aromatic nitrogens is 4. The van der Waals surface area contributed by atoms with E-state index in [-0.39, 0.29) is 0 Å². The number of nitrogens with one attached hydrogen (secondary N) is 1. The van der Waals surface area contributed by atoms with E-state index in [1.165, 1.54) is 32.5 Å². The quantitative estimate of drug-likeness (QED) is 0.819. The van der Waals surface area contributed by atoms with Crippen molar-refractivity contribution < 1.29 is 0 Å². The van der Waals surface area contributed by atoms with Gasteiger partial charge in [0.05, 0.1) is 12.6 Å². The summed E-state index contributed by atoms with van der Waals surface area (Å²) >= 11 is 0. The standard InChI is InChI=1S/C12H20N6/c1-8-11-5-13-4-9(11)6-17(8)7-12-14-15-16-18(12)10-2-3-10/h8-11,13H,2-7H2,1H3. The molecule has 1 aliphatic carbocycles. The van der Waals surface area contributed by atoms with Gasteiger partial charge in [0.1, 0.15) is 0 Å². The minimum absolute atomic E-state index is 0.578. The summed E-state index contributed by atoms with van der Waals surface area (Å²) in [5, 5.41) is 15.7. The summed E-state index contributed by atoms with van der Waals surface area (Å²) in [5.41, 5.74) is 0. The molecule has 98 valence electrons. The molecule has 3 heterocycles. The second-order valence-corrected chi connectivity index (χ2v) is 6.02. The molecule has 1 aromatic heterocycles. The van der Waals surface area contributed by atoms with Crippen molar-refractivity contribution >= 4 is 0 Å². The van der Waals surface area contributed by atoms with Crippen LogP contribution in [0, 0.1) is 11.8 Å². The van der Waals surface area contributed by atoms with E-state index in [1.807, 2.05) is 4.68 Å². The van der Waals surface area contributed by atoms with E-state index < -0.39 is 0 Å². The Morgan fingerprint density at radius 1 is 1.33 bits per heavy atom. The van der Waals surface area contributed by atoms with Crippen LogP contribution in [0.2, 0.25) is 0 Å². The van der Waals surface area contributed by atoms with Gasteiger partial charge in [0.2, 0.25) is 0 Å². The summed E-state index contributed by atoms with van der Waals surface area (Å²) < 4.78 is 2.04. The largest absolute Gasteiger partial charge is 0.316 e. The maximum atomic E-state index is 4.21. The van der Waals surface area contributed by atoms with Gasteiger partial charge in [-0.3, -0.25) is 4.90 Å². The lowest BCUT2D eigenvalue weighted by atomic mass is 9.95. The average molecular weight is 248 g/mol. The average Bonchev–Trinajstić information content (AvgIpc) is 2.83. The van der Waals surface area contributed by atoms with Gasteiger partial charge >= 0.3 is 0 Å².